The first kappa shape index (κ1) is 16.2. The van der Waals surface area contributed by atoms with Gasteiger partial charge in [-0.1, -0.05) is 0 Å². The minimum absolute atomic E-state index is 0. The Hall–Kier alpha value is 1.38. The fraction of sp³-hybridized carbons (Fsp3) is 0.750. The standard InChI is InChI=1S/C4H10Si.2ClH.Ti/c1-5(2,3)4;;;/h1H,2-4H3;2*1H;. The summed E-state index contributed by atoms with van der Waals surface area (Å²) in [6.07, 6.45) is 0. The third-order valence-electron chi connectivity index (χ3n) is 0.433. The summed E-state index contributed by atoms with van der Waals surface area (Å²) < 4.78 is 2.33. The Kier molecular flexibility index (Phi) is 13.1. The van der Waals surface area contributed by atoms with Gasteiger partial charge in [0, 0.05) is 0 Å². The van der Waals surface area contributed by atoms with Gasteiger partial charge in [-0.05, 0) is 0 Å². The normalized spacial score (nSPS) is 8.25. The van der Waals surface area contributed by atoms with Gasteiger partial charge in [-0.15, -0.1) is 24.8 Å². The van der Waals surface area contributed by atoms with E-state index >= 15 is 0 Å². The van der Waals surface area contributed by atoms with Crippen molar-refractivity contribution in [1.82, 2.24) is 0 Å². The van der Waals surface area contributed by atoms with Crippen molar-refractivity contribution in [2.45, 2.75) is 19.6 Å². The molecule has 0 amide bonds. The molecule has 0 N–H and O–H groups in total. The van der Waals surface area contributed by atoms with Crippen LogP contribution in [0.4, 0.5) is 0 Å². The van der Waals surface area contributed by atoms with E-state index in [-0.39, 0.29) is 24.8 Å². The van der Waals surface area contributed by atoms with Crippen LogP contribution in [0.3, 0.4) is 0 Å². The largest absolute Gasteiger partial charge is 0.147 e. The molecule has 0 aromatic heterocycles. The molecule has 0 atom stereocenters. The van der Waals surface area contributed by atoms with Crippen molar-refractivity contribution in [2.24, 2.45) is 0 Å². The second kappa shape index (κ2) is 6.50. The monoisotopic (exact) mass is 206 g/mol. The van der Waals surface area contributed by atoms with Crippen molar-refractivity contribution in [3.05, 3.63) is 0 Å². The van der Waals surface area contributed by atoms with Gasteiger partial charge in [-0.25, -0.2) is 0 Å². The van der Waals surface area contributed by atoms with E-state index in [1.54, 1.807) is 0 Å². The first-order chi connectivity index (χ1) is 2.56. The summed E-state index contributed by atoms with van der Waals surface area (Å²) in [5, 5.41) is 0. The number of hydrogen-bond acceptors (Lipinski definition) is 0. The van der Waals surface area contributed by atoms with Crippen LogP contribution in [0.25, 0.3) is 0 Å². The fourth-order valence-electron chi connectivity index (χ4n) is 0. The van der Waals surface area contributed by atoms with Crippen LogP contribution in [0.2, 0.25) is 19.6 Å². The quantitative estimate of drug-likeness (QED) is 0.577. The topological polar surface area (TPSA) is 0 Å². The minimum atomic E-state index is -0.756. The zero-order valence-corrected chi connectivity index (χ0v) is 9.59. The Morgan fingerprint density at radius 2 is 1.25 bits per heavy atom. The van der Waals surface area contributed by atoms with Gasteiger partial charge in [0.2, 0.25) is 0 Å². The SMILES string of the molecule is C[Si](C)(C)[CH]=[Ti].Cl.Cl. The molecule has 0 nitrogen and oxygen atoms in total. The van der Waals surface area contributed by atoms with Crippen molar-refractivity contribution in [2.75, 3.05) is 0 Å². The summed E-state index contributed by atoms with van der Waals surface area (Å²) >= 11 is 2.15. The molecule has 0 saturated carbocycles. The van der Waals surface area contributed by atoms with E-state index in [0.29, 0.717) is 0 Å². The molecule has 0 heterocycles. The molecule has 0 saturated heterocycles. The second-order valence-electron chi connectivity index (χ2n) is 2.51. The first-order valence-corrected chi connectivity index (χ1v) is 6.56. The van der Waals surface area contributed by atoms with Gasteiger partial charge >= 0.3 is 51.6 Å². The predicted molar refractivity (Wildman–Crippen MR) is 43.9 cm³/mol. The maximum Gasteiger partial charge on any atom is -0.147 e. The molecule has 50 valence electrons. The van der Waals surface area contributed by atoms with Crippen LogP contribution in [0.15, 0.2) is 0 Å². The van der Waals surface area contributed by atoms with Crippen LogP contribution < -0.4 is 0 Å². The molecule has 4 heteroatoms. The molecular formula is C4H12Cl2SiTi. The van der Waals surface area contributed by atoms with E-state index in [0.717, 1.165) is 0 Å². The van der Waals surface area contributed by atoms with E-state index in [1.807, 2.05) is 0 Å². The molecule has 0 spiro atoms. The summed E-state index contributed by atoms with van der Waals surface area (Å²) in [5.41, 5.74) is 0. The Morgan fingerprint density at radius 1 is 1.12 bits per heavy atom. The third-order valence-corrected chi connectivity index (χ3v) is 5.36. The van der Waals surface area contributed by atoms with E-state index < -0.39 is 8.07 Å². The average Bonchev–Trinajstić information content (AvgIpc) is 1.35. The van der Waals surface area contributed by atoms with Crippen LogP contribution in [-0.2, 0) is 20.0 Å². The average molecular weight is 207 g/mol. The van der Waals surface area contributed by atoms with Crippen molar-refractivity contribution in [1.29, 1.82) is 0 Å². The Bertz CT molecular complexity index is 59.5. The van der Waals surface area contributed by atoms with Gasteiger partial charge in [-0.2, -0.15) is 0 Å². The van der Waals surface area contributed by atoms with Crippen LogP contribution >= 0.6 is 24.8 Å². The van der Waals surface area contributed by atoms with E-state index in [4.69, 9.17) is 0 Å². The van der Waals surface area contributed by atoms with E-state index in [9.17, 15) is 0 Å². The van der Waals surface area contributed by atoms with Gasteiger partial charge in [0.1, 0.15) is 0 Å². The Labute approximate surface area is 76.2 Å². The van der Waals surface area contributed by atoms with Crippen LogP contribution in [0, 0.1) is 0 Å². The van der Waals surface area contributed by atoms with Gasteiger partial charge in [0.25, 0.3) is 0 Å². The molecule has 0 fully saturated rings. The van der Waals surface area contributed by atoms with Crippen molar-refractivity contribution >= 4 is 36.8 Å². The molecule has 0 rings (SSSR count). The summed E-state index contributed by atoms with van der Waals surface area (Å²) in [4.78, 5) is 0. The van der Waals surface area contributed by atoms with Crippen molar-refractivity contribution in [3.8, 4) is 0 Å². The smallest absolute Gasteiger partial charge is 0.147 e. The summed E-state index contributed by atoms with van der Waals surface area (Å²) in [6, 6.07) is 0. The Balaban J connectivity index is -0.000000125. The third kappa shape index (κ3) is 15.7. The molecule has 0 unspecified atom stereocenters. The van der Waals surface area contributed by atoms with Crippen molar-refractivity contribution in [3.63, 3.8) is 0 Å². The van der Waals surface area contributed by atoms with Crippen LogP contribution in [0.1, 0.15) is 0 Å². The molecule has 0 aliphatic carbocycles. The molecule has 0 aromatic rings. The van der Waals surface area contributed by atoms with Crippen LogP contribution in [0.5, 0.6) is 0 Å². The van der Waals surface area contributed by atoms with Gasteiger partial charge < -0.3 is 0 Å². The molecule has 0 aliphatic rings. The summed E-state index contributed by atoms with van der Waals surface area (Å²) in [5.74, 6) is 0. The second-order valence-corrected chi connectivity index (χ2v) is 8.88. The first-order valence-electron chi connectivity index (χ1n) is 2.08. The molecule has 0 radical (unpaired) electrons. The molecule has 0 aromatic carbocycles. The molecular weight excluding hydrogens is 195 g/mol. The maximum atomic E-state index is 2.33. The van der Waals surface area contributed by atoms with E-state index in [2.05, 4.69) is 43.6 Å². The molecule has 0 bridgehead atoms. The summed E-state index contributed by atoms with van der Waals surface area (Å²) in [6.45, 7) is 6.98. The van der Waals surface area contributed by atoms with Gasteiger partial charge in [0.15, 0.2) is 0 Å². The maximum absolute atomic E-state index is 2.33. The molecule has 8 heavy (non-hydrogen) atoms. The number of halogens is 2. The van der Waals surface area contributed by atoms with Gasteiger partial charge in [0.05, 0.1) is 0 Å². The Morgan fingerprint density at radius 3 is 1.25 bits per heavy atom. The van der Waals surface area contributed by atoms with E-state index in [1.165, 1.54) is 0 Å². The fourth-order valence-corrected chi connectivity index (χ4v) is 0. The zero-order chi connectivity index (χ0) is 5.21. The minimum Gasteiger partial charge on any atom is -0.147 e. The number of hydrogen-bond donors (Lipinski definition) is 0. The van der Waals surface area contributed by atoms with Gasteiger partial charge in [-0.3, -0.25) is 0 Å². The zero-order valence-electron chi connectivity index (χ0n) is 5.39. The molecule has 0 aliphatic heterocycles. The van der Waals surface area contributed by atoms with Crippen molar-refractivity contribution < 1.29 is 20.0 Å². The van der Waals surface area contributed by atoms with Crippen LogP contribution in [-0.4, -0.2) is 12.0 Å². The predicted octanol–water partition coefficient (Wildman–Crippen LogP) is 2.06. The summed E-state index contributed by atoms with van der Waals surface area (Å²) in [7, 11) is -0.756. The number of rotatable bonds is 1.